The minimum atomic E-state index is -1.73. The van der Waals surface area contributed by atoms with Gasteiger partial charge in [-0.3, -0.25) is 0 Å². The second kappa shape index (κ2) is 3.36. The maximum absolute atomic E-state index is 10.7. The van der Waals surface area contributed by atoms with Crippen LogP contribution in [-0.4, -0.2) is 57.4 Å². The van der Waals surface area contributed by atoms with Crippen molar-refractivity contribution in [3.63, 3.8) is 0 Å². The zero-order valence-electron chi connectivity index (χ0n) is 6.12. The number of ether oxygens (including phenoxy) is 1. The summed E-state index contributed by atoms with van der Waals surface area (Å²) >= 11 is 0. The molecule has 1 saturated heterocycles. The Kier molecular flexibility index (Phi) is 2.63. The van der Waals surface area contributed by atoms with Crippen LogP contribution in [0, 0.1) is 0 Å². The minimum Gasteiger partial charge on any atom is -0.455 e. The summed E-state index contributed by atoms with van der Waals surface area (Å²) in [5, 5.41) is 35.5. The fourth-order valence-corrected chi connectivity index (χ4v) is 0.980. The summed E-state index contributed by atoms with van der Waals surface area (Å²) in [6.07, 6.45) is -5.93. The average Bonchev–Trinajstić information content (AvgIpc) is 2.08. The van der Waals surface area contributed by atoms with E-state index in [-0.39, 0.29) is 0 Å². The lowest BCUT2D eigenvalue weighted by atomic mass is 10.0. The summed E-state index contributed by atoms with van der Waals surface area (Å²) < 4.78 is 4.38. The molecule has 6 heteroatoms. The molecule has 4 N–H and O–H groups in total. The van der Waals surface area contributed by atoms with Crippen molar-refractivity contribution in [2.45, 2.75) is 24.4 Å². The van der Waals surface area contributed by atoms with Gasteiger partial charge in [-0.1, -0.05) is 0 Å². The number of aliphatic hydroxyl groups excluding tert-OH is 4. The first-order chi connectivity index (χ1) is 5.57. The van der Waals surface area contributed by atoms with Crippen molar-refractivity contribution in [2.75, 3.05) is 6.61 Å². The molecule has 0 saturated carbocycles. The summed E-state index contributed by atoms with van der Waals surface area (Å²) in [6.45, 7) is -0.587. The van der Waals surface area contributed by atoms with Crippen LogP contribution in [0.5, 0.6) is 0 Å². The summed E-state index contributed by atoms with van der Waals surface area (Å²) in [7, 11) is 0. The quantitative estimate of drug-likeness (QED) is 0.318. The molecule has 0 amide bonds. The van der Waals surface area contributed by atoms with Crippen LogP contribution in [0.2, 0.25) is 0 Å². The Balaban J connectivity index is 2.70. The second-order valence-corrected chi connectivity index (χ2v) is 2.58. The number of rotatable bonds is 1. The van der Waals surface area contributed by atoms with Crippen molar-refractivity contribution < 1.29 is 30.0 Å². The zero-order chi connectivity index (χ0) is 9.30. The summed E-state index contributed by atoms with van der Waals surface area (Å²) in [6, 6.07) is 0. The van der Waals surface area contributed by atoms with Gasteiger partial charge in [-0.05, 0) is 0 Å². The molecular weight excluding hydrogens is 168 g/mol. The first-order valence-electron chi connectivity index (χ1n) is 3.43. The van der Waals surface area contributed by atoms with Crippen LogP contribution in [-0.2, 0) is 9.53 Å². The van der Waals surface area contributed by atoms with E-state index in [0.717, 1.165) is 0 Å². The minimum absolute atomic E-state index is 0.587. The standard InChI is InChI=1S/C6H10O6/c7-1-2-3(8)4(9)5(10)6(11)12-2/h2-5,7-10H,1H2/t2-,3+,4+,5+/m1/s1. The van der Waals surface area contributed by atoms with Gasteiger partial charge in [-0.25, -0.2) is 4.79 Å². The van der Waals surface area contributed by atoms with Gasteiger partial charge in [0, 0.05) is 0 Å². The normalized spacial score (nSPS) is 42.5. The number of esters is 1. The Labute approximate surface area is 68.0 Å². The first kappa shape index (κ1) is 9.40. The number of cyclic esters (lactones) is 1. The molecule has 4 atom stereocenters. The van der Waals surface area contributed by atoms with Crippen LogP contribution >= 0.6 is 0 Å². The molecule has 6 nitrogen and oxygen atoms in total. The molecular formula is C6H10O6. The molecule has 12 heavy (non-hydrogen) atoms. The summed E-state index contributed by atoms with van der Waals surface area (Å²) in [5.74, 6) is -1.04. The molecule has 1 aliphatic rings. The predicted octanol–water partition coefficient (Wildman–Crippen LogP) is -3.01. The molecule has 1 rings (SSSR count). The lowest BCUT2D eigenvalue weighted by molar-refractivity contribution is -0.206. The predicted molar refractivity (Wildman–Crippen MR) is 35.0 cm³/mol. The Morgan fingerprint density at radius 2 is 1.83 bits per heavy atom. The van der Waals surface area contributed by atoms with Gasteiger partial charge in [0.05, 0.1) is 6.61 Å². The Morgan fingerprint density at radius 3 is 2.33 bits per heavy atom. The summed E-state index contributed by atoms with van der Waals surface area (Å²) in [5.41, 5.74) is 0. The maximum atomic E-state index is 10.7. The number of carbonyl (C=O) groups excluding carboxylic acids is 1. The van der Waals surface area contributed by atoms with Gasteiger partial charge < -0.3 is 25.2 Å². The van der Waals surface area contributed by atoms with Gasteiger partial charge >= 0.3 is 5.97 Å². The Morgan fingerprint density at radius 1 is 1.25 bits per heavy atom. The number of hydrogen-bond acceptors (Lipinski definition) is 6. The average molecular weight is 178 g/mol. The van der Waals surface area contributed by atoms with Crippen molar-refractivity contribution in [1.29, 1.82) is 0 Å². The fourth-order valence-electron chi connectivity index (χ4n) is 0.980. The van der Waals surface area contributed by atoms with Gasteiger partial charge in [0.2, 0.25) is 0 Å². The Bertz CT molecular complexity index is 179. The molecule has 0 aromatic heterocycles. The highest BCUT2D eigenvalue weighted by molar-refractivity contribution is 5.76. The highest BCUT2D eigenvalue weighted by atomic mass is 16.6. The van der Waals surface area contributed by atoms with E-state index >= 15 is 0 Å². The maximum Gasteiger partial charge on any atom is 0.338 e. The summed E-state index contributed by atoms with van der Waals surface area (Å²) in [4.78, 5) is 10.7. The molecule has 0 aliphatic carbocycles. The lowest BCUT2D eigenvalue weighted by Crippen LogP contribution is -2.56. The smallest absolute Gasteiger partial charge is 0.338 e. The lowest BCUT2D eigenvalue weighted by Gasteiger charge is -2.32. The van der Waals surface area contributed by atoms with Crippen LogP contribution in [0.4, 0.5) is 0 Å². The van der Waals surface area contributed by atoms with E-state index in [2.05, 4.69) is 4.74 Å². The highest BCUT2D eigenvalue weighted by Crippen LogP contribution is 2.15. The number of hydrogen-bond donors (Lipinski definition) is 4. The van der Waals surface area contributed by atoms with Crippen molar-refractivity contribution in [3.8, 4) is 0 Å². The van der Waals surface area contributed by atoms with Crippen molar-refractivity contribution in [2.24, 2.45) is 0 Å². The van der Waals surface area contributed by atoms with Gasteiger partial charge in [0.15, 0.2) is 12.2 Å². The van der Waals surface area contributed by atoms with E-state index in [1.165, 1.54) is 0 Å². The van der Waals surface area contributed by atoms with Crippen LogP contribution in [0.1, 0.15) is 0 Å². The molecule has 1 fully saturated rings. The molecule has 0 radical (unpaired) electrons. The molecule has 0 spiro atoms. The monoisotopic (exact) mass is 178 g/mol. The van der Waals surface area contributed by atoms with E-state index in [0.29, 0.717) is 0 Å². The third kappa shape index (κ3) is 1.42. The second-order valence-electron chi connectivity index (χ2n) is 2.58. The topological polar surface area (TPSA) is 107 Å². The van der Waals surface area contributed by atoms with Crippen LogP contribution in [0.25, 0.3) is 0 Å². The SMILES string of the molecule is O=C1O[C@H](CO)[C@H](O)[C@H](O)[C@@H]1O. The third-order valence-electron chi connectivity index (χ3n) is 1.74. The van der Waals surface area contributed by atoms with E-state index in [4.69, 9.17) is 20.4 Å². The number of carbonyl (C=O) groups is 1. The molecule has 1 heterocycles. The zero-order valence-corrected chi connectivity index (χ0v) is 6.12. The molecule has 1 aliphatic heterocycles. The third-order valence-corrected chi connectivity index (χ3v) is 1.74. The highest BCUT2D eigenvalue weighted by Gasteiger charge is 2.43. The Hall–Kier alpha value is -0.690. The number of aliphatic hydroxyl groups is 4. The van der Waals surface area contributed by atoms with E-state index in [1.807, 2.05) is 0 Å². The van der Waals surface area contributed by atoms with Gasteiger partial charge in [-0.2, -0.15) is 0 Å². The largest absolute Gasteiger partial charge is 0.455 e. The van der Waals surface area contributed by atoms with Crippen molar-refractivity contribution in [3.05, 3.63) is 0 Å². The van der Waals surface area contributed by atoms with Gasteiger partial charge in [-0.15, -0.1) is 0 Å². The molecule has 70 valence electrons. The van der Waals surface area contributed by atoms with Crippen LogP contribution < -0.4 is 0 Å². The molecule has 0 unspecified atom stereocenters. The fraction of sp³-hybridized carbons (Fsp3) is 0.833. The van der Waals surface area contributed by atoms with Gasteiger partial charge in [0.1, 0.15) is 12.2 Å². The van der Waals surface area contributed by atoms with E-state index < -0.39 is 37.0 Å². The van der Waals surface area contributed by atoms with Crippen molar-refractivity contribution in [1.82, 2.24) is 0 Å². The van der Waals surface area contributed by atoms with E-state index in [9.17, 15) is 4.79 Å². The molecule has 0 bridgehead atoms. The first-order valence-corrected chi connectivity index (χ1v) is 3.43. The van der Waals surface area contributed by atoms with Crippen molar-refractivity contribution >= 4 is 5.97 Å². The van der Waals surface area contributed by atoms with Crippen LogP contribution in [0.15, 0.2) is 0 Å². The van der Waals surface area contributed by atoms with E-state index in [1.54, 1.807) is 0 Å². The molecule has 0 aromatic carbocycles. The van der Waals surface area contributed by atoms with Gasteiger partial charge in [0.25, 0.3) is 0 Å². The van der Waals surface area contributed by atoms with Crippen LogP contribution in [0.3, 0.4) is 0 Å². The molecule has 0 aromatic rings.